The monoisotopic (exact) mass is 277 g/mol. The summed E-state index contributed by atoms with van der Waals surface area (Å²) < 4.78 is 31.4. The fourth-order valence-electron chi connectivity index (χ4n) is 1.54. The molecule has 0 spiro atoms. The van der Waals surface area contributed by atoms with Gasteiger partial charge >= 0.3 is 0 Å². The first-order chi connectivity index (χ1) is 9.03. The SMILES string of the molecule is Cc1cc(CNS(=O)(=O)c2ccccc2C#N)no1. The number of benzene rings is 1. The van der Waals surface area contributed by atoms with E-state index < -0.39 is 10.0 Å². The van der Waals surface area contributed by atoms with Gasteiger partial charge < -0.3 is 4.52 Å². The van der Waals surface area contributed by atoms with Gasteiger partial charge in [0.1, 0.15) is 11.8 Å². The maximum Gasteiger partial charge on any atom is 0.242 e. The van der Waals surface area contributed by atoms with Crippen LogP contribution in [0.15, 0.2) is 39.8 Å². The summed E-state index contributed by atoms with van der Waals surface area (Å²) >= 11 is 0. The van der Waals surface area contributed by atoms with Gasteiger partial charge in [-0.3, -0.25) is 0 Å². The average molecular weight is 277 g/mol. The number of rotatable bonds is 4. The second-order valence-corrected chi connectivity index (χ2v) is 5.60. The first kappa shape index (κ1) is 13.3. The van der Waals surface area contributed by atoms with Crippen molar-refractivity contribution in [2.75, 3.05) is 0 Å². The van der Waals surface area contributed by atoms with E-state index in [2.05, 4.69) is 9.88 Å². The Balaban J connectivity index is 2.21. The molecular formula is C12H11N3O3S. The Morgan fingerprint density at radius 1 is 1.42 bits per heavy atom. The Hall–Kier alpha value is -2.17. The zero-order valence-corrected chi connectivity index (χ0v) is 10.9. The highest BCUT2D eigenvalue weighted by Crippen LogP contribution is 2.14. The number of sulfonamides is 1. The molecule has 1 heterocycles. The van der Waals surface area contributed by atoms with Gasteiger partial charge in [0.05, 0.1) is 22.7 Å². The van der Waals surface area contributed by atoms with Crippen LogP contribution in [0.4, 0.5) is 0 Å². The maximum atomic E-state index is 12.1. The molecule has 98 valence electrons. The number of nitrogens with zero attached hydrogens (tertiary/aromatic N) is 2. The summed E-state index contributed by atoms with van der Waals surface area (Å²) in [6.07, 6.45) is 0. The zero-order valence-electron chi connectivity index (χ0n) is 10.1. The molecule has 0 atom stereocenters. The Morgan fingerprint density at radius 2 is 2.16 bits per heavy atom. The number of aromatic nitrogens is 1. The molecule has 19 heavy (non-hydrogen) atoms. The van der Waals surface area contributed by atoms with E-state index in [-0.39, 0.29) is 17.0 Å². The fourth-order valence-corrected chi connectivity index (χ4v) is 2.70. The van der Waals surface area contributed by atoms with Crippen molar-refractivity contribution in [1.29, 1.82) is 5.26 Å². The van der Waals surface area contributed by atoms with Crippen LogP contribution >= 0.6 is 0 Å². The lowest BCUT2D eigenvalue weighted by Crippen LogP contribution is -2.24. The highest BCUT2D eigenvalue weighted by molar-refractivity contribution is 7.89. The van der Waals surface area contributed by atoms with Crippen LogP contribution in [0.5, 0.6) is 0 Å². The molecule has 0 aliphatic heterocycles. The second kappa shape index (κ2) is 5.22. The number of nitriles is 1. The van der Waals surface area contributed by atoms with Gasteiger partial charge in [-0.05, 0) is 19.1 Å². The number of aryl methyl sites for hydroxylation is 1. The minimum Gasteiger partial charge on any atom is -0.361 e. The van der Waals surface area contributed by atoms with Gasteiger partial charge in [-0.25, -0.2) is 13.1 Å². The smallest absolute Gasteiger partial charge is 0.242 e. The summed E-state index contributed by atoms with van der Waals surface area (Å²) in [6.45, 7) is 1.73. The van der Waals surface area contributed by atoms with Crippen LogP contribution in [0.1, 0.15) is 17.0 Å². The van der Waals surface area contributed by atoms with E-state index in [0.29, 0.717) is 11.5 Å². The molecule has 7 heteroatoms. The van der Waals surface area contributed by atoms with Crippen molar-refractivity contribution >= 4 is 10.0 Å². The van der Waals surface area contributed by atoms with Crippen molar-refractivity contribution < 1.29 is 12.9 Å². The van der Waals surface area contributed by atoms with Crippen molar-refractivity contribution in [3.63, 3.8) is 0 Å². The van der Waals surface area contributed by atoms with Gasteiger partial charge in [-0.15, -0.1) is 0 Å². The third-order valence-electron chi connectivity index (χ3n) is 2.42. The van der Waals surface area contributed by atoms with E-state index in [1.165, 1.54) is 12.1 Å². The maximum absolute atomic E-state index is 12.1. The van der Waals surface area contributed by atoms with Crippen molar-refractivity contribution in [1.82, 2.24) is 9.88 Å². The Bertz CT molecular complexity index is 729. The van der Waals surface area contributed by atoms with Gasteiger partial charge in [0.25, 0.3) is 0 Å². The van der Waals surface area contributed by atoms with Crippen LogP contribution in [-0.4, -0.2) is 13.6 Å². The van der Waals surface area contributed by atoms with Gasteiger partial charge in [0.15, 0.2) is 0 Å². The highest BCUT2D eigenvalue weighted by Gasteiger charge is 2.18. The van der Waals surface area contributed by atoms with E-state index in [0.717, 1.165) is 0 Å². The standard InChI is InChI=1S/C12H11N3O3S/c1-9-6-11(15-18-9)8-14-19(16,17)12-5-3-2-4-10(12)7-13/h2-6,14H,8H2,1H3. The normalized spacial score (nSPS) is 11.2. The molecule has 0 aliphatic carbocycles. The van der Waals surface area contributed by atoms with Crippen LogP contribution in [0, 0.1) is 18.3 Å². The highest BCUT2D eigenvalue weighted by atomic mass is 32.2. The molecule has 0 aliphatic rings. The lowest BCUT2D eigenvalue weighted by molar-refractivity contribution is 0.390. The molecule has 1 aromatic heterocycles. The Labute approximate surface area is 110 Å². The van der Waals surface area contributed by atoms with Gasteiger partial charge in [-0.1, -0.05) is 17.3 Å². The van der Waals surface area contributed by atoms with Crippen LogP contribution < -0.4 is 4.72 Å². The van der Waals surface area contributed by atoms with E-state index in [1.54, 1.807) is 25.1 Å². The van der Waals surface area contributed by atoms with Crippen LogP contribution in [-0.2, 0) is 16.6 Å². The predicted molar refractivity (Wildman–Crippen MR) is 66.4 cm³/mol. The molecule has 2 rings (SSSR count). The largest absolute Gasteiger partial charge is 0.361 e. The summed E-state index contributed by atoms with van der Waals surface area (Å²) in [6, 6.07) is 9.50. The summed E-state index contributed by atoms with van der Waals surface area (Å²) in [5.74, 6) is 0.603. The minimum absolute atomic E-state index is 0.0133. The van der Waals surface area contributed by atoms with Crippen LogP contribution in [0.25, 0.3) is 0 Å². The van der Waals surface area contributed by atoms with E-state index in [1.807, 2.05) is 6.07 Å². The van der Waals surface area contributed by atoms with Crippen molar-refractivity contribution in [3.05, 3.63) is 47.3 Å². The molecule has 6 nitrogen and oxygen atoms in total. The summed E-state index contributed by atoms with van der Waals surface area (Å²) in [5.41, 5.74) is 0.585. The number of nitrogens with one attached hydrogen (secondary N) is 1. The summed E-state index contributed by atoms with van der Waals surface area (Å²) in [7, 11) is -3.75. The molecule has 1 N–H and O–H groups in total. The lowest BCUT2D eigenvalue weighted by atomic mass is 10.2. The van der Waals surface area contributed by atoms with Gasteiger partial charge in [0.2, 0.25) is 10.0 Å². The molecule has 0 fully saturated rings. The van der Waals surface area contributed by atoms with Crippen molar-refractivity contribution in [2.24, 2.45) is 0 Å². The van der Waals surface area contributed by atoms with Crippen LogP contribution in [0.3, 0.4) is 0 Å². The first-order valence-electron chi connectivity index (χ1n) is 5.44. The predicted octanol–water partition coefficient (Wildman–Crippen LogP) is 1.33. The molecule has 0 unspecified atom stereocenters. The second-order valence-electron chi connectivity index (χ2n) is 3.86. The molecule has 1 aromatic carbocycles. The quantitative estimate of drug-likeness (QED) is 0.909. The zero-order chi connectivity index (χ0) is 13.9. The van der Waals surface area contributed by atoms with Gasteiger partial charge in [0, 0.05) is 6.07 Å². The Kier molecular flexibility index (Phi) is 3.64. The molecule has 0 radical (unpaired) electrons. The number of hydrogen-bond acceptors (Lipinski definition) is 5. The number of hydrogen-bond donors (Lipinski definition) is 1. The third-order valence-corrected chi connectivity index (χ3v) is 3.88. The van der Waals surface area contributed by atoms with Gasteiger partial charge in [-0.2, -0.15) is 5.26 Å². The minimum atomic E-state index is -3.75. The third kappa shape index (κ3) is 2.99. The fraction of sp³-hybridized carbons (Fsp3) is 0.167. The van der Waals surface area contributed by atoms with E-state index in [9.17, 15) is 8.42 Å². The molecule has 0 saturated carbocycles. The van der Waals surface area contributed by atoms with E-state index >= 15 is 0 Å². The van der Waals surface area contributed by atoms with Crippen molar-refractivity contribution in [2.45, 2.75) is 18.4 Å². The molecule has 0 bridgehead atoms. The first-order valence-corrected chi connectivity index (χ1v) is 6.92. The Morgan fingerprint density at radius 3 is 2.79 bits per heavy atom. The van der Waals surface area contributed by atoms with Crippen LogP contribution in [0.2, 0.25) is 0 Å². The summed E-state index contributed by atoms with van der Waals surface area (Å²) in [4.78, 5) is -0.0438. The van der Waals surface area contributed by atoms with E-state index in [4.69, 9.17) is 9.78 Å². The average Bonchev–Trinajstić information content (AvgIpc) is 2.82. The topological polar surface area (TPSA) is 96.0 Å². The summed E-state index contributed by atoms with van der Waals surface area (Å²) in [5, 5.41) is 12.6. The molecular weight excluding hydrogens is 266 g/mol. The molecule has 0 amide bonds. The molecule has 2 aromatic rings. The van der Waals surface area contributed by atoms with Crippen molar-refractivity contribution in [3.8, 4) is 6.07 Å². The molecule has 0 saturated heterocycles. The lowest BCUT2D eigenvalue weighted by Gasteiger charge is -2.06.